The molecule has 0 unspecified atom stereocenters. The molecule has 2 rings (SSSR count). The third-order valence-electron chi connectivity index (χ3n) is 3.03. The average Bonchev–Trinajstić information content (AvgIpc) is 2.39. The second kappa shape index (κ2) is 5.48. The predicted molar refractivity (Wildman–Crippen MR) is 81.3 cm³/mol. The van der Waals surface area contributed by atoms with E-state index in [1.54, 1.807) is 38.6 Å². The van der Waals surface area contributed by atoms with Crippen LogP contribution >= 0.6 is 0 Å². The fourth-order valence-corrected chi connectivity index (χ4v) is 2.00. The van der Waals surface area contributed by atoms with E-state index in [2.05, 4.69) is 15.2 Å². The summed E-state index contributed by atoms with van der Waals surface area (Å²) in [6, 6.07) is 7.35. The van der Waals surface area contributed by atoms with Crippen LogP contribution in [0.2, 0.25) is 0 Å². The van der Waals surface area contributed by atoms with Gasteiger partial charge in [0.1, 0.15) is 5.69 Å². The lowest BCUT2D eigenvalue weighted by molar-refractivity contribution is 0.540. The molecule has 0 N–H and O–H groups in total. The maximum Gasteiger partial charge on any atom is 0.135 e. The van der Waals surface area contributed by atoms with Crippen LogP contribution < -0.4 is 4.65 Å². The summed E-state index contributed by atoms with van der Waals surface area (Å²) in [7, 11) is 3.22. The molecule has 104 valence electrons. The van der Waals surface area contributed by atoms with Gasteiger partial charge in [0.05, 0.1) is 25.5 Å². The normalized spacial score (nSPS) is 12.1. The van der Waals surface area contributed by atoms with Gasteiger partial charge in [0.15, 0.2) is 0 Å². The van der Waals surface area contributed by atoms with Gasteiger partial charge in [0, 0.05) is 24.0 Å². The monoisotopic (exact) mass is 270 g/mol. The maximum absolute atomic E-state index is 12.0. The molecular weight excluding hydrogens is 252 g/mol. The number of pyridine rings is 1. The number of benzene rings is 1. The molecule has 0 saturated carbocycles. The molecule has 5 heteroatoms. The first-order valence-corrected chi connectivity index (χ1v) is 6.36. The highest BCUT2D eigenvalue weighted by molar-refractivity contribution is 5.60. The summed E-state index contributed by atoms with van der Waals surface area (Å²) in [5.41, 5.74) is 4.12. The molecule has 0 amide bonds. The van der Waals surface area contributed by atoms with Crippen LogP contribution in [0.15, 0.2) is 46.9 Å². The first kappa shape index (κ1) is 14.3. The number of aromatic nitrogens is 1. The van der Waals surface area contributed by atoms with Crippen molar-refractivity contribution in [2.75, 3.05) is 14.1 Å². The summed E-state index contributed by atoms with van der Waals surface area (Å²) in [5, 5.41) is 20.5. The number of azo groups is 1. The average molecular weight is 270 g/mol. The van der Waals surface area contributed by atoms with Gasteiger partial charge in [0.25, 0.3) is 0 Å². The van der Waals surface area contributed by atoms with Crippen LogP contribution in [0.3, 0.4) is 0 Å². The van der Waals surface area contributed by atoms with Gasteiger partial charge in [-0.1, -0.05) is 0 Å². The minimum atomic E-state index is -0.450. The largest absolute Gasteiger partial charge is 0.628 e. The van der Waals surface area contributed by atoms with Crippen LogP contribution in [0.1, 0.15) is 11.1 Å². The van der Waals surface area contributed by atoms with Gasteiger partial charge in [-0.2, -0.15) is 10.2 Å². The van der Waals surface area contributed by atoms with E-state index in [9.17, 15) is 5.21 Å². The number of nitrogens with zero attached hydrogens (tertiary/aromatic N) is 4. The van der Waals surface area contributed by atoms with Gasteiger partial charge in [-0.25, -0.2) is 0 Å². The Labute approximate surface area is 118 Å². The zero-order valence-corrected chi connectivity index (χ0v) is 12.2. The van der Waals surface area contributed by atoms with Crippen molar-refractivity contribution in [2.45, 2.75) is 13.8 Å². The second-order valence-corrected chi connectivity index (χ2v) is 5.18. The molecule has 0 radical (unpaired) electrons. The van der Waals surface area contributed by atoms with E-state index in [1.165, 1.54) is 0 Å². The van der Waals surface area contributed by atoms with Crippen molar-refractivity contribution < 1.29 is 0 Å². The Morgan fingerprint density at radius 3 is 2.25 bits per heavy atom. The van der Waals surface area contributed by atoms with Gasteiger partial charge < -0.3 is 9.85 Å². The Kier molecular flexibility index (Phi) is 3.92. The van der Waals surface area contributed by atoms with E-state index >= 15 is 0 Å². The highest BCUT2D eigenvalue weighted by Gasteiger charge is 2.14. The Hall–Kier alpha value is -2.11. The fourth-order valence-electron chi connectivity index (χ4n) is 2.00. The van der Waals surface area contributed by atoms with Crippen molar-refractivity contribution >= 4 is 17.1 Å². The summed E-state index contributed by atoms with van der Waals surface area (Å²) in [5.74, 6) is 0. The second-order valence-electron chi connectivity index (χ2n) is 5.18. The maximum atomic E-state index is 12.0. The molecule has 0 aliphatic heterocycles. The van der Waals surface area contributed by atoms with Crippen molar-refractivity contribution in [3.63, 3.8) is 0 Å². The Morgan fingerprint density at radius 1 is 1.00 bits per heavy atom. The Morgan fingerprint density at radius 2 is 1.65 bits per heavy atom. The van der Waals surface area contributed by atoms with Crippen LogP contribution in [0.5, 0.6) is 0 Å². The van der Waals surface area contributed by atoms with Crippen molar-refractivity contribution in [1.82, 2.24) is 9.63 Å². The molecule has 0 spiro atoms. The zero-order valence-electron chi connectivity index (χ0n) is 12.2. The van der Waals surface area contributed by atoms with E-state index in [-0.39, 0.29) is 0 Å². The number of hydrogen-bond donors (Lipinski definition) is 0. The highest BCUT2D eigenvalue weighted by atomic mass is 16.5. The zero-order chi connectivity index (χ0) is 14.8. The van der Waals surface area contributed by atoms with E-state index in [1.807, 2.05) is 26.0 Å². The lowest BCUT2D eigenvalue weighted by atomic mass is 10.1. The van der Waals surface area contributed by atoms with E-state index in [4.69, 9.17) is 0 Å². The molecule has 0 bridgehead atoms. The van der Waals surface area contributed by atoms with Crippen molar-refractivity contribution in [3.05, 3.63) is 53.0 Å². The van der Waals surface area contributed by atoms with E-state index < -0.39 is 4.65 Å². The van der Waals surface area contributed by atoms with Crippen LogP contribution in [0.4, 0.5) is 17.1 Å². The molecule has 0 aliphatic rings. The molecule has 2 aromatic rings. The molecule has 0 aliphatic carbocycles. The Bertz CT molecular complexity index is 630. The van der Waals surface area contributed by atoms with Gasteiger partial charge in [-0.3, -0.25) is 4.98 Å². The predicted octanol–water partition coefficient (Wildman–Crippen LogP) is 4.18. The van der Waals surface area contributed by atoms with E-state index in [0.717, 1.165) is 28.2 Å². The van der Waals surface area contributed by atoms with Gasteiger partial charge in [-0.05, 0) is 37.6 Å². The minimum Gasteiger partial charge on any atom is -0.628 e. The summed E-state index contributed by atoms with van der Waals surface area (Å²) in [6.07, 6.45) is 3.35. The molecule has 0 fully saturated rings. The number of rotatable bonds is 3. The van der Waals surface area contributed by atoms with Gasteiger partial charge >= 0.3 is 0 Å². The SMILES string of the molecule is Cc1cc([N+](C)(C)[O-])c(C)cc1N=Nc1ccncc1. The summed E-state index contributed by atoms with van der Waals surface area (Å²) < 4.78 is -0.450. The lowest BCUT2D eigenvalue weighted by Gasteiger charge is -2.34. The third-order valence-corrected chi connectivity index (χ3v) is 3.03. The first-order chi connectivity index (χ1) is 9.38. The number of quaternary nitrogens is 1. The van der Waals surface area contributed by atoms with Crippen LogP contribution in [0, 0.1) is 19.1 Å². The Balaban J connectivity index is 2.35. The van der Waals surface area contributed by atoms with E-state index in [0.29, 0.717) is 0 Å². The lowest BCUT2D eigenvalue weighted by Crippen LogP contribution is -2.33. The first-order valence-electron chi connectivity index (χ1n) is 6.36. The molecule has 20 heavy (non-hydrogen) atoms. The number of hydrogen-bond acceptors (Lipinski definition) is 4. The molecule has 1 aromatic carbocycles. The van der Waals surface area contributed by atoms with Crippen LogP contribution in [-0.4, -0.2) is 19.1 Å². The van der Waals surface area contributed by atoms with Gasteiger partial charge in [-0.15, -0.1) is 0 Å². The van der Waals surface area contributed by atoms with Crippen LogP contribution in [0.25, 0.3) is 0 Å². The number of hydroxylamine groups is 2. The number of aryl methyl sites for hydroxylation is 2. The van der Waals surface area contributed by atoms with Crippen molar-refractivity contribution in [3.8, 4) is 0 Å². The molecule has 0 saturated heterocycles. The summed E-state index contributed by atoms with van der Waals surface area (Å²) >= 11 is 0. The van der Waals surface area contributed by atoms with Crippen molar-refractivity contribution in [1.29, 1.82) is 0 Å². The minimum absolute atomic E-state index is 0.450. The highest BCUT2D eigenvalue weighted by Crippen LogP contribution is 2.31. The topological polar surface area (TPSA) is 60.7 Å². The molecule has 1 heterocycles. The molecule has 0 atom stereocenters. The third kappa shape index (κ3) is 3.26. The molecule has 5 nitrogen and oxygen atoms in total. The fraction of sp³-hybridized carbons (Fsp3) is 0.267. The quantitative estimate of drug-likeness (QED) is 0.477. The van der Waals surface area contributed by atoms with Gasteiger partial charge in [0.2, 0.25) is 0 Å². The standard InChI is InChI=1S/C15H18N4O/c1-11-10-15(19(3,4)20)12(2)9-14(11)18-17-13-5-7-16-8-6-13/h5-10H,1-4H3. The van der Waals surface area contributed by atoms with Crippen LogP contribution in [-0.2, 0) is 0 Å². The smallest absolute Gasteiger partial charge is 0.135 e. The van der Waals surface area contributed by atoms with Crippen molar-refractivity contribution in [2.24, 2.45) is 10.2 Å². The molecule has 1 aromatic heterocycles. The summed E-state index contributed by atoms with van der Waals surface area (Å²) in [6.45, 7) is 3.84. The molecular formula is C15H18N4O. The summed E-state index contributed by atoms with van der Waals surface area (Å²) in [4.78, 5) is 3.93.